The van der Waals surface area contributed by atoms with E-state index in [4.69, 9.17) is 5.73 Å². The fraction of sp³-hybridized carbons (Fsp3) is 0.133. The molecular formula is C15H12FN5. The Morgan fingerprint density at radius 3 is 2.71 bits per heavy atom. The van der Waals surface area contributed by atoms with Crippen LogP contribution in [0.1, 0.15) is 12.7 Å². The third-order valence-corrected chi connectivity index (χ3v) is 3.63. The number of nitrogens with two attached hydrogens (primary N) is 1. The molecule has 3 aromatic rings. The molecule has 5 nitrogen and oxygen atoms in total. The first-order valence-electron chi connectivity index (χ1n) is 6.56. The second-order valence-electron chi connectivity index (χ2n) is 5.18. The lowest BCUT2D eigenvalue weighted by molar-refractivity contribution is 0.493. The zero-order valence-electron chi connectivity index (χ0n) is 11.3. The quantitative estimate of drug-likeness (QED) is 0.661. The van der Waals surface area contributed by atoms with E-state index in [1.54, 1.807) is 18.2 Å². The summed E-state index contributed by atoms with van der Waals surface area (Å²) in [6.07, 6.45) is 0. The molecule has 3 N–H and O–H groups in total. The predicted molar refractivity (Wildman–Crippen MR) is 76.6 cm³/mol. The fourth-order valence-corrected chi connectivity index (χ4v) is 2.57. The Morgan fingerprint density at radius 1 is 1.14 bits per heavy atom. The van der Waals surface area contributed by atoms with Gasteiger partial charge in [-0.25, -0.2) is 19.4 Å². The number of aromatic amines is 1. The lowest BCUT2D eigenvalue weighted by Crippen LogP contribution is -2.24. The number of hydrogen-bond donors (Lipinski definition) is 2. The van der Waals surface area contributed by atoms with Crippen LogP contribution < -0.4 is 16.4 Å². The van der Waals surface area contributed by atoms with Crippen LogP contribution in [0, 0.1) is 5.82 Å². The number of H-pyrrole nitrogens is 1. The number of nitrogens with one attached hydrogen (secondary N) is 1. The van der Waals surface area contributed by atoms with Crippen LogP contribution in [0.4, 0.5) is 10.1 Å². The van der Waals surface area contributed by atoms with Gasteiger partial charge in [-0.2, -0.15) is 0 Å². The molecule has 1 aliphatic rings. The van der Waals surface area contributed by atoms with E-state index in [2.05, 4.69) is 20.0 Å². The summed E-state index contributed by atoms with van der Waals surface area (Å²) in [6, 6.07) is 10.3. The molecule has 1 aromatic heterocycles. The van der Waals surface area contributed by atoms with E-state index in [1.165, 1.54) is 6.07 Å². The minimum atomic E-state index is -0.913. The lowest BCUT2D eigenvalue weighted by atomic mass is 10.2. The van der Waals surface area contributed by atoms with Crippen LogP contribution in [0.15, 0.2) is 46.4 Å². The number of nitrogens with zero attached hydrogens (tertiary/aromatic N) is 3. The van der Waals surface area contributed by atoms with E-state index in [0.717, 1.165) is 5.36 Å². The third kappa shape index (κ3) is 1.65. The van der Waals surface area contributed by atoms with Gasteiger partial charge >= 0.3 is 0 Å². The molecule has 0 saturated heterocycles. The molecular weight excluding hydrogens is 269 g/mol. The molecule has 0 saturated carbocycles. The molecule has 1 unspecified atom stereocenters. The summed E-state index contributed by atoms with van der Waals surface area (Å²) >= 11 is 0. The summed E-state index contributed by atoms with van der Waals surface area (Å²) in [5.74, 6) is 0.131. The molecule has 0 fully saturated rings. The number of halogens is 1. The van der Waals surface area contributed by atoms with Crippen molar-refractivity contribution < 1.29 is 4.39 Å². The number of nitrogen functional groups attached to an aromatic ring is 1. The topological polar surface area (TPSA) is 79.4 Å². The molecule has 21 heavy (non-hydrogen) atoms. The van der Waals surface area contributed by atoms with Gasteiger partial charge in [0.2, 0.25) is 5.66 Å². The van der Waals surface area contributed by atoms with Gasteiger partial charge in [0.25, 0.3) is 0 Å². The maximum absolute atomic E-state index is 13.8. The maximum Gasteiger partial charge on any atom is 0.206 e. The van der Waals surface area contributed by atoms with Crippen molar-refractivity contribution >= 4 is 16.7 Å². The Hall–Kier alpha value is -2.76. The molecule has 0 amide bonds. The predicted octanol–water partition coefficient (Wildman–Crippen LogP) is 1.41. The summed E-state index contributed by atoms with van der Waals surface area (Å²) in [4.78, 5) is 16.6. The van der Waals surface area contributed by atoms with Crippen molar-refractivity contribution in [2.45, 2.75) is 12.6 Å². The van der Waals surface area contributed by atoms with Gasteiger partial charge in [0.05, 0.1) is 16.6 Å². The van der Waals surface area contributed by atoms with Crippen LogP contribution in [0.3, 0.4) is 0 Å². The summed E-state index contributed by atoms with van der Waals surface area (Å²) in [5.41, 5.74) is 6.50. The normalized spacial score (nSPS) is 20.1. The van der Waals surface area contributed by atoms with E-state index in [1.807, 2.05) is 19.1 Å². The largest absolute Gasteiger partial charge is 0.397 e. The highest BCUT2D eigenvalue weighted by molar-refractivity contribution is 5.75. The fourth-order valence-electron chi connectivity index (χ4n) is 2.57. The molecule has 6 heteroatoms. The van der Waals surface area contributed by atoms with Crippen molar-refractivity contribution in [3.05, 3.63) is 58.8 Å². The number of benzene rings is 2. The van der Waals surface area contributed by atoms with Crippen LogP contribution in [0.25, 0.3) is 11.0 Å². The van der Waals surface area contributed by atoms with Gasteiger partial charge in [-0.05, 0) is 31.2 Å². The zero-order valence-corrected chi connectivity index (χ0v) is 11.3. The van der Waals surface area contributed by atoms with Gasteiger partial charge in [-0.15, -0.1) is 0 Å². The van der Waals surface area contributed by atoms with Crippen LogP contribution >= 0.6 is 0 Å². The standard InChI is InChI=1S/C15H12FN5/c1-15(20-11-7-3-5-9(17)13(11)21-15)14-18-10-6-2-4-8(16)12(10)19-14/h2-7H,17H2,1H3,(H,18,19). The monoisotopic (exact) mass is 281 g/mol. The lowest BCUT2D eigenvalue weighted by Gasteiger charge is -2.13. The van der Waals surface area contributed by atoms with Gasteiger partial charge in [0.1, 0.15) is 10.9 Å². The van der Waals surface area contributed by atoms with E-state index >= 15 is 0 Å². The highest BCUT2D eigenvalue weighted by Crippen LogP contribution is 2.28. The second-order valence-corrected chi connectivity index (χ2v) is 5.18. The average molecular weight is 281 g/mol. The highest BCUT2D eigenvalue weighted by Gasteiger charge is 2.32. The molecule has 4 rings (SSSR count). The summed E-state index contributed by atoms with van der Waals surface area (Å²) < 4.78 is 13.8. The van der Waals surface area contributed by atoms with E-state index in [0.29, 0.717) is 27.9 Å². The summed E-state index contributed by atoms with van der Waals surface area (Å²) in [6.45, 7) is 1.82. The molecule has 1 aliphatic heterocycles. The smallest absolute Gasteiger partial charge is 0.206 e. The van der Waals surface area contributed by atoms with Crippen molar-refractivity contribution in [1.82, 2.24) is 9.97 Å². The number of aromatic nitrogens is 2. The van der Waals surface area contributed by atoms with Gasteiger partial charge in [0, 0.05) is 0 Å². The molecule has 104 valence electrons. The van der Waals surface area contributed by atoms with Crippen molar-refractivity contribution in [2.24, 2.45) is 9.98 Å². The molecule has 1 atom stereocenters. The SMILES string of the molecule is CC1(c2nc3c(F)cccc3[nH]2)N=c2cccc(N)c2=N1. The molecule has 2 heterocycles. The first-order chi connectivity index (χ1) is 10.1. The number of anilines is 1. The van der Waals surface area contributed by atoms with Gasteiger partial charge in [0.15, 0.2) is 11.6 Å². The van der Waals surface area contributed by atoms with Crippen molar-refractivity contribution in [1.29, 1.82) is 0 Å². The Balaban J connectivity index is 1.97. The number of para-hydroxylation sites is 2. The molecule has 0 spiro atoms. The van der Waals surface area contributed by atoms with Crippen LogP contribution in [0.2, 0.25) is 0 Å². The Bertz CT molecular complexity index is 991. The summed E-state index contributed by atoms with van der Waals surface area (Å²) in [7, 11) is 0. The third-order valence-electron chi connectivity index (χ3n) is 3.63. The Labute approximate surface area is 119 Å². The maximum atomic E-state index is 13.8. The summed E-state index contributed by atoms with van der Waals surface area (Å²) in [5, 5.41) is 1.37. The van der Waals surface area contributed by atoms with Gasteiger partial charge < -0.3 is 10.7 Å². The highest BCUT2D eigenvalue weighted by atomic mass is 19.1. The van der Waals surface area contributed by atoms with Crippen LogP contribution in [0.5, 0.6) is 0 Å². The van der Waals surface area contributed by atoms with E-state index < -0.39 is 5.66 Å². The molecule has 0 aliphatic carbocycles. The van der Waals surface area contributed by atoms with Crippen molar-refractivity contribution in [2.75, 3.05) is 5.73 Å². The zero-order chi connectivity index (χ0) is 14.6. The van der Waals surface area contributed by atoms with E-state index in [9.17, 15) is 4.39 Å². The molecule has 0 bridgehead atoms. The van der Waals surface area contributed by atoms with Gasteiger partial charge in [-0.3, -0.25) is 0 Å². The number of hydrogen-bond acceptors (Lipinski definition) is 4. The van der Waals surface area contributed by atoms with Crippen LogP contribution in [-0.4, -0.2) is 9.97 Å². The van der Waals surface area contributed by atoms with Crippen LogP contribution in [-0.2, 0) is 5.66 Å². The van der Waals surface area contributed by atoms with E-state index in [-0.39, 0.29) is 5.82 Å². The number of rotatable bonds is 1. The number of fused-ring (bicyclic) bond motifs is 2. The molecule has 2 aromatic carbocycles. The first kappa shape index (κ1) is 12.0. The minimum Gasteiger partial charge on any atom is -0.397 e. The Kier molecular flexibility index (Phi) is 2.22. The second kappa shape index (κ2) is 3.88. The van der Waals surface area contributed by atoms with Crippen molar-refractivity contribution in [3.63, 3.8) is 0 Å². The average Bonchev–Trinajstić information content (AvgIpc) is 3.02. The minimum absolute atomic E-state index is 0.294. The molecule has 0 radical (unpaired) electrons. The number of imidazole rings is 1. The Morgan fingerprint density at radius 2 is 1.95 bits per heavy atom. The van der Waals surface area contributed by atoms with Crippen molar-refractivity contribution in [3.8, 4) is 0 Å². The first-order valence-corrected chi connectivity index (χ1v) is 6.56. The van der Waals surface area contributed by atoms with Gasteiger partial charge in [-0.1, -0.05) is 12.1 Å².